The van der Waals surface area contributed by atoms with E-state index in [0.29, 0.717) is 16.1 Å². The Bertz CT molecular complexity index is 1410. The van der Waals surface area contributed by atoms with Crippen LogP contribution in [0.3, 0.4) is 0 Å². The van der Waals surface area contributed by atoms with Gasteiger partial charge in [-0.15, -0.1) is 0 Å². The van der Waals surface area contributed by atoms with Gasteiger partial charge in [-0.3, -0.25) is 9.09 Å². The Kier molecular flexibility index (Phi) is 9.39. The van der Waals surface area contributed by atoms with E-state index in [4.69, 9.17) is 56.9 Å². The van der Waals surface area contributed by atoms with Gasteiger partial charge in [-0.05, 0) is 48.5 Å². The molecular weight excluding hydrogens is 611 g/mol. The van der Waals surface area contributed by atoms with Crippen LogP contribution in [0, 0.1) is 0 Å². The maximum atomic E-state index is 14.6. The lowest BCUT2D eigenvalue weighted by atomic mass is 9.96. The Hall–Kier alpha value is -3.04. The molecule has 3 aromatic rings. The van der Waals surface area contributed by atoms with Crippen LogP contribution in [-0.2, 0) is 21.1 Å². The predicted molar refractivity (Wildman–Crippen MR) is 146 cm³/mol. The summed E-state index contributed by atoms with van der Waals surface area (Å²) in [4.78, 5) is 15.8. The summed E-state index contributed by atoms with van der Waals surface area (Å²) in [5, 5.41) is 21.2. The van der Waals surface area contributed by atoms with Gasteiger partial charge in [0.15, 0.2) is 11.8 Å². The monoisotopic (exact) mass is 635 g/mol. The van der Waals surface area contributed by atoms with E-state index in [-0.39, 0.29) is 22.3 Å². The lowest BCUT2D eigenvalue weighted by molar-refractivity contribution is -0.192. The molecule has 41 heavy (non-hydrogen) atoms. The third kappa shape index (κ3) is 6.56. The maximum Gasteiger partial charge on any atom is 0.435 e. The summed E-state index contributed by atoms with van der Waals surface area (Å²) >= 11 is 11.5. The van der Waals surface area contributed by atoms with Crippen LogP contribution in [0.15, 0.2) is 59.5 Å². The van der Waals surface area contributed by atoms with Crippen molar-refractivity contribution in [1.82, 2.24) is 9.55 Å². The summed E-state index contributed by atoms with van der Waals surface area (Å²) in [6, 6.07) is 12.2. The molecule has 4 atom stereocenters. The number of anilines is 1. The van der Waals surface area contributed by atoms with E-state index in [1.165, 1.54) is 38.5 Å². The molecule has 4 N–H and O–H groups in total. The fourth-order valence-corrected chi connectivity index (χ4v) is 5.90. The highest BCUT2D eigenvalue weighted by Gasteiger charge is 2.61. The lowest BCUT2D eigenvalue weighted by Gasteiger charge is -2.33. The molecule has 12 nitrogen and oxygen atoms in total. The quantitative estimate of drug-likeness (QED) is 0.265. The number of benzene rings is 2. The first-order chi connectivity index (χ1) is 19.4. The number of halogens is 3. The molecule has 1 aliphatic heterocycles. The Labute approximate surface area is 242 Å². The van der Waals surface area contributed by atoms with Gasteiger partial charge in [0.2, 0.25) is 0 Å². The fourth-order valence-electron chi connectivity index (χ4n) is 3.82. The molecule has 0 amide bonds. The van der Waals surface area contributed by atoms with Gasteiger partial charge in [0.1, 0.15) is 41.0 Å². The first-order valence-corrected chi connectivity index (χ1v) is 14.6. The number of alkyl halides is 2. The van der Waals surface area contributed by atoms with Crippen LogP contribution in [0.5, 0.6) is 23.0 Å². The molecule has 0 radical (unpaired) electrons. The number of ether oxygens (including phenoxy) is 3. The molecule has 17 heteroatoms. The minimum Gasteiger partial charge on any atom is -0.497 e. The molecule has 0 saturated carbocycles. The van der Waals surface area contributed by atoms with Gasteiger partial charge in [-0.1, -0.05) is 11.6 Å². The van der Waals surface area contributed by atoms with Gasteiger partial charge in [-0.25, -0.2) is 13.6 Å². The van der Waals surface area contributed by atoms with Crippen molar-refractivity contribution in [3.63, 3.8) is 0 Å². The standard InChI is InChI=1S/C24H25ClF2N3O9PS/c1-34-13-3-7-15(8-4-13)38-40(41,39-16-9-5-14(35-2)6-10-16)36-12-24(22(26)27)19(32)18(31)21(37-24)30-11-17(25)20(28)29-23(30)33/h3-11,18-19,21-22,31-32H,12H2,1-2H3,(H2,28,29,33)/t18?,19?,21-,24-/m1/s1. The minimum atomic E-state index is -3.98. The Morgan fingerprint density at radius 2 is 1.56 bits per heavy atom. The van der Waals surface area contributed by atoms with E-state index in [1.807, 2.05) is 0 Å². The van der Waals surface area contributed by atoms with Crippen molar-refractivity contribution in [3.05, 3.63) is 70.2 Å². The molecule has 2 heterocycles. The van der Waals surface area contributed by atoms with Gasteiger partial charge < -0.3 is 39.2 Å². The second-order valence-corrected chi connectivity index (χ2v) is 11.9. The van der Waals surface area contributed by atoms with Crippen LogP contribution in [0.25, 0.3) is 0 Å². The molecule has 0 spiro atoms. The first-order valence-electron chi connectivity index (χ1n) is 11.7. The van der Waals surface area contributed by atoms with Crippen molar-refractivity contribution in [1.29, 1.82) is 0 Å². The van der Waals surface area contributed by atoms with E-state index < -0.39 is 49.5 Å². The molecule has 1 aromatic heterocycles. The van der Waals surface area contributed by atoms with Crippen LogP contribution in [0.2, 0.25) is 5.02 Å². The number of aliphatic hydroxyl groups excluding tert-OH is 2. The highest BCUT2D eigenvalue weighted by atomic mass is 35.5. The van der Waals surface area contributed by atoms with E-state index in [1.54, 1.807) is 24.3 Å². The summed E-state index contributed by atoms with van der Waals surface area (Å²) in [5.41, 5.74) is 1.56. The third-order valence-corrected chi connectivity index (χ3v) is 8.40. The summed E-state index contributed by atoms with van der Waals surface area (Å²) < 4.78 is 62.8. The maximum absolute atomic E-state index is 14.6. The van der Waals surface area contributed by atoms with E-state index in [9.17, 15) is 23.8 Å². The van der Waals surface area contributed by atoms with Crippen molar-refractivity contribution >= 4 is 35.9 Å². The average Bonchev–Trinajstić information content (AvgIpc) is 3.21. The van der Waals surface area contributed by atoms with E-state index in [2.05, 4.69) is 4.98 Å². The zero-order chi connectivity index (χ0) is 29.9. The molecule has 0 aliphatic carbocycles. The summed E-state index contributed by atoms with van der Waals surface area (Å²) in [7, 11) is 2.94. The van der Waals surface area contributed by atoms with E-state index in [0.717, 1.165) is 6.20 Å². The van der Waals surface area contributed by atoms with Crippen LogP contribution in [0.4, 0.5) is 14.6 Å². The number of rotatable bonds is 11. The second-order valence-electron chi connectivity index (χ2n) is 8.62. The summed E-state index contributed by atoms with van der Waals surface area (Å²) in [5.74, 6) is 1.02. The Morgan fingerprint density at radius 1 is 1.07 bits per heavy atom. The number of nitrogens with two attached hydrogens (primary N) is 1. The Balaban J connectivity index is 1.65. The number of nitrogen functional groups attached to an aromatic ring is 1. The lowest BCUT2D eigenvalue weighted by Crippen LogP contribution is -2.52. The Morgan fingerprint density at radius 3 is 2.02 bits per heavy atom. The molecule has 1 fully saturated rings. The van der Waals surface area contributed by atoms with Crippen LogP contribution in [-0.4, -0.2) is 64.8 Å². The second kappa shape index (κ2) is 12.4. The predicted octanol–water partition coefficient (Wildman–Crippen LogP) is 3.15. The average molecular weight is 636 g/mol. The zero-order valence-electron chi connectivity index (χ0n) is 21.4. The molecule has 1 saturated heterocycles. The summed E-state index contributed by atoms with van der Waals surface area (Å²) in [6.07, 6.45) is -8.63. The number of aliphatic hydroxyl groups is 2. The number of hydrogen-bond donors (Lipinski definition) is 3. The van der Waals surface area contributed by atoms with Crippen LogP contribution in [0.1, 0.15) is 6.23 Å². The number of methoxy groups -OCH3 is 2. The third-order valence-electron chi connectivity index (χ3n) is 6.04. The van der Waals surface area contributed by atoms with E-state index >= 15 is 0 Å². The van der Waals surface area contributed by atoms with Gasteiger partial charge in [0.05, 0.1) is 25.8 Å². The van der Waals surface area contributed by atoms with Crippen LogP contribution >= 0.6 is 18.3 Å². The minimum absolute atomic E-state index is 0.161. The van der Waals surface area contributed by atoms with Crippen molar-refractivity contribution in [3.8, 4) is 23.0 Å². The van der Waals surface area contributed by atoms with Crippen molar-refractivity contribution in [2.75, 3.05) is 26.6 Å². The number of aromatic nitrogens is 2. The highest BCUT2D eigenvalue weighted by Crippen LogP contribution is 2.53. The number of nitrogens with zero attached hydrogens (tertiary/aromatic N) is 2. The highest BCUT2D eigenvalue weighted by molar-refractivity contribution is 8.07. The fraction of sp³-hybridized carbons (Fsp3) is 0.333. The topological polar surface area (TPSA) is 157 Å². The number of hydrogen-bond acceptors (Lipinski definition) is 12. The molecule has 2 aromatic carbocycles. The molecular formula is C24H25ClF2N3O9PS. The first kappa shape index (κ1) is 30.9. The van der Waals surface area contributed by atoms with Crippen molar-refractivity contribution < 1.29 is 46.8 Å². The largest absolute Gasteiger partial charge is 0.497 e. The van der Waals surface area contributed by atoms with Gasteiger partial charge in [-0.2, -0.15) is 4.98 Å². The summed E-state index contributed by atoms with van der Waals surface area (Å²) in [6.45, 7) is -5.10. The molecule has 4 rings (SSSR count). The zero-order valence-corrected chi connectivity index (χ0v) is 23.9. The van der Waals surface area contributed by atoms with Gasteiger partial charge in [0.25, 0.3) is 6.43 Å². The molecule has 1 aliphatic rings. The SMILES string of the molecule is COc1ccc(OP(=S)(OC[C@@]2(C(F)F)O[C@@H](n3cc(Cl)c(N)nc3=O)C(O)C2O)Oc2ccc(OC)cc2)cc1. The van der Waals surface area contributed by atoms with Crippen molar-refractivity contribution in [2.24, 2.45) is 0 Å². The molecule has 222 valence electrons. The molecule has 2 unspecified atom stereocenters. The van der Waals surface area contributed by atoms with Gasteiger partial charge in [0, 0.05) is 18.0 Å². The van der Waals surface area contributed by atoms with Crippen molar-refractivity contribution in [2.45, 2.75) is 30.5 Å². The smallest absolute Gasteiger partial charge is 0.435 e. The van der Waals surface area contributed by atoms with Gasteiger partial charge >= 0.3 is 12.4 Å². The van der Waals surface area contributed by atoms with Crippen LogP contribution < -0.4 is 29.9 Å². The normalized spacial score (nSPS) is 22.5. The molecule has 0 bridgehead atoms.